The molecule has 1 amide bonds. The highest BCUT2D eigenvalue weighted by molar-refractivity contribution is 5.85. The number of pyridine rings is 1. The van der Waals surface area contributed by atoms with Crippen molar-refractivity contribution in [1.29, 1.82) is 0 Å². The van der Waals surface area contributed by atoms with Gasteiger partial charge in [0, 0.05) is 29.9 Å². The second-order valence-corrected chi connectivity index (χ2v) is 24.0. The summed E-state index contributed by atoms with van der Waals surface area (Å²) in [6.07, 6.45) is 21.4. The van der Waals surface area contributed by atoms with Gasteiger partial charge in [-0.2, -0.15) is 0 Å². The van der Waals surface area contributed by atoms with Gasteiger partial charge < -0.3 is 19.7 Å². The van der Waals surface area contributed by atoms with Gasteiger partial charge >= 0.3 is 11.9 Å². The lowest BCUT2D eigenvalue weighted by molar-refractivity contribution is -0.253. The summed E-state index contributed by atoms with van der Waals surface area (Å²) in [5.74, 6) is 2.08. The van der Waals surface area contributed by atoms with Gasteiger partial charge in [0.2, 0.25) is 5.91 Å². The molecule has 13 unspecified atom stereocenters. The van der Waals surface area contributed by atoms with E-state index in [-0.39, 0.29) is 51.1 Å². The number of carboxylic acid groups (broad SMARTS) is 1. The molecular weight excluding hydrogens is 749 g/mol. The molecule has 1 saturated heterocycles. The number of aromatic nitrogens is 3. The van der Waals surface area contributed by atoms with Crippen LogP contribution in [0.25, 0.3) is 11.3 Å². The summed E-state index contributed by atoms with van der Waals surface area (Å²) in [7, 11) is 0. The first-order valence-corrected chi connectivity index (χ1v) is 24.0. The predicted octanol–water partition coefficient (Wildman–Crippen LogP) is 10.7. The molecule has 10 rings (SSSR count). The van der Waals surface area contributed by atoms with E-state index in [2.05, 4.69) is 62.5 Å². The highest BCUT2D eigenvalue weighted by Gasteiger charge is 2.74. The van der Waals surface area contributed by atoms with Gasteiger partial charge in [-0.1, -0.05) is 55.4 Å². The fraction of sp³-hybridized carbons (Fsp3) is 0.784. The Labute approximate surface area is 358 Å². The van der Waals surface area contributed by atoms with Crippen molar-refractivity contribution in [3.05, 3.63) is 36.5 Å². The number of carbonyl (C=O) groups excluding carboxylic acids is 2. The van der Waals surface area contributed by atoms with Crippen LogP contribution < -0.4 is 0 Å². The largest absolute Gasteiger partial charge is 0.481 e. The molecule has 7 aliphatic carbocycles. The van der Waals surface area contributed by atoms with Gasteiger partial charge in [-0.05, 0) is 165 Å². The van der Waals surface area contributed by atoms with Crippen LogP contribution in [0.1, 0.15) is 164 Å². The number of rotatable bonds is 7. The van der Waals surface area contributed by atoms with Crippen LogP contribution in [0.4, 0.5) is 0 Å². The van der Waals surface area contributed by atoms with Crippen LogP contribution in [0.3, 0.4) is 0 Å². The third-order valence-corrected chi connectivity index (χ3v) is 21.2. The Bertz CT molecular complexity index is 2060. The number of aromatic amines is 1. The summed E-state index contributed by atoms with van der Waals surface area (Å²) in [5, 5.41) is 9.72. The number of carbonyl (C=O) groups is 3. The van der Waals surface area contributed by atoms with Gasteiger partial charge in [-0.25, -0.2) is 4.98 Å². The highest BCUT2D eigenvalue weighted by Crippen LogP contribution is 2.79. The number of imidazole rings is 1. The molecule has 326 valence electrons. The number of H-pyrrole nitrogens is 1. The van der Waals surface area contributed by atoms with Crippen LogP contribution in [0.15, 0.2) is 30.7 Å². The molecule has 60 heavy (non-hydrogen) atoms. The van der Waals surface area contributed by atoms with Crippen molar-refractivity contribution < 1.29 is 24.2 Å². The van der Waals surface area contributed by atoms with Crippen molar-refractivity contribution in [1.82, 2.24) is 19.9 Å². The van der Waals surface area contributed by atoms with E-state index >= 15 is 4.79 Å². The second kappa shape index (κ2) is 13.4. The molecule has 2 N–H and O–H groups in total. The van der Waals surface area contributed by atoms with E-state index in [9.17, 15) is 14.7 Å². The number of ether oxygens (including phenoxy) is 1. The Morgan fingerprint density at radius 1 is 0.783 bits per heavy atom. The maximum Gasteiger partial charge on any atom is 0.309 e. The van der Waals surface area contributed by atoms with Crippen LogP contribution in [-0.4, -0.2) is 55.5 Å². The number of nitrogens with zero attached hydrogens (tertiary/aromatic N) is 3. The maximum absolute atomic E-state index is 15.7. The summed E-state index contributed by atoms with van der Waals surface area (Å²) in [6.45, 7) is 19.9. The number of esters is 1. The molecule has 0 radical (unpaired) electrons. The maximum atomic E-state index is 15.7. The predicted molar refractivity (Wildman–Crippen MR) is 230 cm³/mol. The van der Waals surface area contributed by atoms with E-state index in [1.807, 2.05) is 32.3 Å². The van der Waals surface area contributed by atoms with E-state index < -0.39 is 17.3 Å². The normalized spacial score (nSPS) is 44.3. The van der Waals surface area contributed by atoms with Gasteiger partial charge in [0.05, 0.1) is 35.2 Å². The lowest BCUT2D eigenvalue weighted by atomic mass is 9.32. The highest BCUT2D eigenvalue weighted by atomic mass is 16.5. The number of aliphatic carboxylic acids is 1. The zero-order valence-corrected chi connectivity index (χ0v) is 37.8. The number of nitrogens with one attached hydrogen (secondary N) is 1. The standard InChI is InChI=1S/C51H72N4O5/c1-45(2)33(42(56)57)27-34(45)43(58)60-39-17-18-48(6)37(46(39,3)4)16-19-50(8)38(48)14-13-32-40-31(47(5)21-22-47)15-20-51(40,24-23-49(32,50)7)44(59)55-26-10-12-36(55)41-53-29-35(54-41)30-11-9-25-52-28-30/h9,11,25,28-29,31-34,36-40H,10,12-24,26-27H2,1-8H3,(H,53,54)(H,56,57). The van der Waals surface area contributed by atoms with E-state index in [4.69, 9.17) is 9.72 Å². The van der Waals surface area contributed by atoms with E-state index in [0.29, 0.717) is 47.3 Å². The molecule has 1 aliphatic heterocycles. The number of hydrogen-bond donors (Lipinski definition) is 2. The first-order valence-electron chi connectivity index (χ1n) is 24.0. The Kier molecular flexibility index (Phi) is 9.11. The molecule has 2 aromatic rings. The van der Waals surface area contributed by atoms with Crippen LogP contribution in [0.2, 0.25) is 0 Å². The second-order valence-electron chi connectivity index (χ2n) is 24.0. The minimum atomic E-state index is -0.812. The molecule has 7 saturated carbocycles. The quantitative estimate of drug-likeness (QED) is 0.266. The third kappa shape index (κ3) is 5.49. The number of likely N-dealkylation sites (tertiary alicyclic amines) is 1. The molecule has 8 aliphatic rings. The fourth-order valence-electron chi connectivity index (χ4n) is 17.2. The Balaban J connectivity index is 0.915. The molecule has 9 nitrogen and oxygen atoms in total. The van der Waals surface area contributed by atoms with Crippen molar-refractivity contribution in [3.63, 3.8) is 0 Å². The average molecular weight is 821 g/mol. The lowest BCUT2D eigenvalue weighted by Gasteiger charge is -2.73. The third-order valence-electron chi connectivity index (χ3n) is 21.2. The zero-order chi connectivity index (χ0) is 42.4. The Morgan fingerprint density at radius 2 is 1.57 bits per heavy atom. The van der Waals surface area contributed by atoms with Gasteiger partial charge in [0.15, 0.2) is 0 Å². The van der Waals surface area contributed by atoms with Crippen molar-refractivity contribution in [3.8, 4) is 11.3 Å². The molecule has 0 bridgehead atoms. The molecule has 8 fully saturated rings. The summed E-state index contributed by atoms with van der Waals surface area (Å²) in [5.41, 5.74) is 1.74. The molecule has 2 aromatic heterocycles. The van der Waals surface area contributed by atoms with E-state index in [1.165, 1.54) is 38.5 Å². The van der Waals surface area contributed by atoms with Gasteiger partial charge in [0.1, 0.15) is 11.9 Å². The SMILES string of the molecule is CC1(C2CCC3(C(=O)N4CCCC4c4ncc(-c5cccnc5)[nH]4)CCC4(C)C(CCC5C6(C)CCC(OC(=O)C7CC(C(=O)O)C7(C)C)C(C)(C)C6CCC54C)C23)CC1. The lowest BCUT2D eigenvalue weighted by Crippen LogP contribution is -2.67. The van der Waals surface area contributed by atoms with E-state index in [0.717, 1.165) is 75.0 Å². The first-order chi connectivity index (χ1) is 28.3. The smallest absolute Gasteiger partial charge is 0.309 e. The topological polar surface area (TPSA) is 125 Å². The van der Waals surface area contributed by atoms with Crippen molar-refractivity contribution in [2.24, 2.45) is 79.3 Å². The first kappa shape index (κ1) is 40.8. The number of amides is 1. The van der Waals surface area contributed by atoms with Gasteiger partial charge in [0.25, 0.3) is 0 Å². The minimum absolute atomic E-state index is 0.00933. The minimum Gasteiger partial charge on any atom is -0.481 e. The Hall–Kier alpha value is -3.23. The summed E-state index contributed by atoms with van der Waals surface area (Å²) in [4.78, 5) is 56.4. The van der Waals surface area contributed by atoms with Crippen LogP contribution in [0.5, 0.6) is 0 Å². The molecule has 3 heterocycles. The van der Waals surface area contributed by atoms with Crippen molar-refractivity contribution in [2.45, 2.75) is 164 Å². The van der Waals surface area contributed by atoms with Gasteiger partial charge in [-0.3, -0.25) is 19.4 Å². The molecule has 0 aromatic carbocycles. The van der Waals surface area contributed by atoms with Crippen molar-refractivity contribution >= 4 is 17.8 Å². The molecule has 0 spiro atoms. The summed E-state index contributed by atoms with van der Waals surface area (Å²) < 4.78 is 6.49. The number of fused-ring (bicyclic) bond motifs is 7. The number of carboxylic acids is 1. The van der Waals surface area contributed by atoms with Crippen molar-refractivity contribution in [2.75, 3.05) is 6.54 Å². The van der Waals surface area contributed by atoms with Gasteiger partial charge in [-0.15, -0.1) is 0 Å². The zero-order valence-electron chi connectivity index (χ0n) is 37.8. The van der Waals surface area contributed by atoms with E-state index in [1.54, 1.807) is 6.20 Å². The molecule has 13 atom stereocenters. The number of hydrogen-bond acceptors (Lipinski definition) is 6. The Morgan fingerprint density at radius 3 is 2.27 bits per heavy atom. The van der Waals surface area contributed by atoms with Crippen LogP contribution in [-0.2, 0) is 19.1 Å². The molecule has 9 heteroatoms. The summed E-state index contributed by atoms with van der Waals surface area (Å²) in [6, 6.07) is 4.01. The average Bonchev–Trinajstić information content (AvgIpc) is 3.59. The monoisotopic (exact) mass is 821 g/mol. The van der Waals surface area contributed by atoms with Crippen LogP contribution in [0, 0.1) is 79.3 Å². The summed E-state index contributed by atoms with van der Waals surface area (Å²) >= 11 is 0. The fourth-order valence-corrected chi connectivity index (χ4v) is 17.2. The van der Waals surface area contributed by atoms with Crippen LogP contribution >= 0.6 is 0 Å². The molecular formula is C51H72N4O5.